The summed E-state index contributed by atoms with van der Waals surface area (Å²) in [5.74, 6) is 0. The maximum Gasteiger partial charge on any atom is 0.0915 e. The molecule has 0 bridgehead atoms. The van der Waals surface area contributed by atoms with Crippen LogP contribution in [0.1, 0.15) is 24.5 Å². The molecule has 16 heavy (non-hydrogen) atoms. The molecule has 1 aliphatic rings. The van der Waals surface area contributed by atoms with E-state index in [-0.39, 0.29) is 0 Å². The molecule has 2 atom stereocenters. The van der Waals surface area contributed by atoms with Crippen LogP contribution in [0.3, 0.4) is 0 Å². The van der Waals surface area contributed by atoms with E-state index in [9.17, 15) is 5.11 Å². The summed E-state index contributed by atoms with van der Waals surface area (Å²) in [5, 5.41) is 13.2. The zero-order chi connectivity index (χ0) is 11.2. The number of aliphatic hydroxyl groups is 1. The van der Waals surface area contributed by atoms with Crippen LogP contribution >= 0.6 is 0 Å². The maximum absolute atomic E-state index is 9.92. The number of aliphatic hydroxyl groups excluding tert-OH is 1. The van der Waals surface area contributed by atoms with Gasteiger partial charge in [-0.15, -0.1) is 0 Å². The lowest BCUT2D eigenvalue weighted by molar-refractivity contribution is 0.0639. The van der Waals surface area contributed by atoms with E-state index in [2.05, 4.69) is 10.3 Å². The molecular formula is C12H18N2O2. The first-order chi connectivity index (χ1) is 7.86. The van der Waals surface area contributed by atoms with Gasteiger partial charge in [-0.1, -0.05) is 0 Å². The molecule has 1 aromatic heterocycles. The van der Waals surface area contributed by atoms with Crippen molar-refractivity contribution in [3.63, 3.8) is 0 Å². The van der Waals surface area contributed by atoms with Crippen molar-refractivity contribution in [2.45, 2.75) is 25.0 Å². The maximum atomic E-state index is 9.92. The lowest BCUT2D eigenvalue weighted by atomic mass is 10.1. The van der Waals surface area contributed by atoms with Gasteiger partial charge in [0.1, 0.15) is 0 Å². The highest BCUT2D eigenvalue weighted by atomic mass is 16.5. The molecule has 2 rings (SSSR count). The Bertz CT molecular complexity index is 299. The fourth-order valence-electron chi connectivity index (χ4n) is 1.88. The number of nitrogens with one attached hydrogen (secondary N) is 1. The predicted molar refractivity (Wildman–Crippen MR) is 61.0 cm³/mol. The van der Waals surface area contributed by atoms with Crippen LogP contribution in [-0.4, -0.2) is 35.9 Å². The Morgan fingerprint density at radius 3 is 3.00 bits per heavy atom. The number of aromatic nitrogens is 1. The van der Waals surface area contributed by atoms with E-state index >= 15 is 0 Å². The van der Waals surface area contributed by atoms with E-state index in [0.717, 1.165) is 31.6 Å². The standard InChI is InChI=1S/C12H18N2O2/c15-12(10-3-5-13-6-4-10)8-14-11-2-1-7-16-9-11/h3-6,11-12,14-15H,1-2,7-9H2. The molecule has 2 N–H and O–H groups in total. The van der Waals surface area contributed by atoms with Crippen LogP contribution in [0.4, 0.5) is 0 Å². The van der Waals surface area contributed by atoms with Crippen molar-refractivity contribution in [1.29, 1.82) is 0 Å². The number of hydrogen-bond donors (Lipinski definition) is 2. The highest BCUT2D eigenvalue weighted by molar-refractivity contribution is 5.13. The Hall–Kier alpha value is -0.970. The Morgan fingerprint density at radius 2 is 2.31 bits per heavy atom. The molecular weight excluding hydrogens is 204 g/mol. The minimum Gasteiger partial charge on any atom is -0.387 e. The SMILES string of the molecule is OC(CNC1CCCOC1)c1ccncc1. The second-order valence-electron chi connectivity index (χ2n) is 4.12. The fourth-order valence-corrected chi connectivity index (χ4v) is 1.88. The minimum atomic E-state index is -0.468. The van der Waals surface area contributed by atoms with Gasteiger partial charge < -0.3 is 15.2 Å². The second-order valence-corrected chi connectivity index (χ2v) is 4.12. The van der Waals surface area contributed by atoms with E-state index in [1.165, 1.54) is 0 Å². The van der Waals surface area contributed by atoms with Crippen molar-refractivity contribution in [3.05, 3.63) is 30.1 Å². The smallest absolute Gasteiger partial charge is 0.0915 e. The van der Waals surface area contributed by atoms with Gasteiger partial charge in [0.05, 0.1) is 12.7 Å². The zero-order valence-corrected chi connectivity index (χ0v) is 9.30. The largest absolute Gasteiger partial charge is 0.387 e. The average Bonchev–Trinajstić information content (AvgIpc) is 2.38. The third kappa shape index (κ3) is 3.27. The van der Waals surface area contributed by atoms with E-state index < -0.39 is 6.10 Å². The summed E-state index contributed by atoms with van der Waals surface area (Å²) in [6.45, 7) is 2.19. The summed E-state index contributed by atoms with van der Waals surface area (Å²) in [5.41, 5.74) is 0.902. The quantitative estimate of drug-likeness (QED) is 0.794. The first-order valence-electron chi connectivity index (χ1n) is 5.75. The average molecular weight is 222 g/mol. The molecule has 0 aromatic carbocycles. The van der Waals surface area contributed by atoms with Crippen molar-refractivity contribution >= 4 is 0 Å². The van der Waals surface area contributed by atoms with Gasteiger partial charge in [-0.3, -0.25) is 4.98 Å². The van der Waals surface area contributed by atoms with Crippen molar-refractivity contribution in [2.75, 3.05) is 19.8 Å². The summed E-state index contributed by atoms with van der Waals surface area (Å²) >= 11 is 0. The van der Waals surface area contributed by atoms with Gasteiger partial charge in [0.25, 0.3) is 0 Å². The van der Waals surface area contributed by atoms with Crippen LogP contribution in [0.15, 0.2) is 24.5 Å². The number of ether oxygens (including phenoxy) is 1. The van der Waals surface area contributed by atoms with Crippen molar-refractivity contribution in [2.24, 2.45) is 0 Å². The Morgan fingerprint density at radius 1 is 1.50 bits per heavy atom. The summed E-state index contributed by atoms with van der Waals surface area (Å²) in [7, 11) is 0. The lowest BCUT2D eigenvalue weighted by Crippen LogP contribution is -2.38. The summed E-state index contributed by atoms with van der Waals surface area (Å²) in [6, 6.07) is 4.05. The lowest BCUT2D eigenvalue weighted by Gasteiger charge is -2.24. The van der Waals surface area contributed by atoms with Crippen LogP contribution in [0, 0.1) is 0 Å². The molecule has 1 aromatic rings. The van der Waals surface area contributed by atoms with Gasteiger partial charge >= 0.3 is 0 Å². The number of nitrogens with zero attached hydrogens (tertiary/aromatic N) is 1. The molecule has 1 saturated heterocycles. The second kappa shape index (κ2) is 5.94. The molecule has 0 spiro atoms. The number of rotatable bonds is 4. The fraction of sp³-hybridized carbons (Fsp3) is 0.583. The van der Waals surface area contributed by atoms with E-state index in [1.807, 2.05) is 12.1 Å². The van der Waals surface area contributed by atoms with Gasteiger partial charge in [-0.25, -0.2) is 0 Å². The van der Waals surface area contributed by atoms with E-state index in [0.29, 0.717) is 12.6 Å². The molecule has 0 amide bonds. The van der Waals surface area contributed by atoms with Gasteiger partial charge in [0, 0.05) is 31.6 Å². The van der Waals surface area contributed by atoms with Crippen LogP contribution in [0.25, 0.3) is 0 Å². The predicted octanol–water partition coefficient (Wildman–Crippen LogP) is 0.884. The molecule has 2 heterocycles. The van der Waals surface area contributed by atoms with Crippen molar-refractivity contribution in [1.82, 2.24) is 10.3 Å². The van der Waals surface area contributed by atoms with E-state index in [1.54, 1.807) is 12.4 Å². The first kappa shape index (κ1) is 11.5. The van der Waals surface area contributed by atoms with Crippen LogP contribution in [0.5, 0.6) is 0 Å². The first-order valence-corrected chi connectivity index (χ1v) is 5.75. The molecule has 4 nitrogen and oxygen atoms in total. The summed E-state index contributed by atoms with van der Waals surface area (Å²) in [6.07, 6.45) is 5.15. The Balaban J connectivity index is 1.77. The monoisotopic (exact) mass is 222 g/mol. The van der Waals surface area contributed by atoms with Gasteiger partial charge in [-0.2, -0.15) is 0 Å². The normalized spacial score (nSPS) is 22.9. The van der Waals surface area contributed by atoms with Gasteiger partial charge in [0.2, 0.25) is 0 Å². The highest BCUT2D eigenvalue weighted by Crippen LogP contribution is 2.11. The van der Waals surface area contributed by atoms with E-state index in [4.69, 9.17) is 4.74 Å². The molecule has 0 radical (unpaired) electrons. The molecule has 4 heteroatoms. The zero-order valence-electron chi connectivity index (χ0n) is 9.30. The third-order valence-electron chi connectivity index (χ3n) is 2.85. The summed E-state index contributed by atoms with van der Waals surface area (Å²) in [4.78, 5) is 3.93. The van der Waals surface area contributed by atoms with Gasteiger partial charge in [0.15, 0.2) is 0 Å². The molecule has 2 unspecified atom stereocenters. The Kier molecular flexibility index (Phi) is 4.27. The highest BCUT2D eigenvalue weighted by Gasteiger charge is 2.15. The molecule has 88 valence electrons. The number of pyridine rings is 1. The van der Waals surface area contributed by atoms with Crippen LogP contribution < -0.4 is 5.32 Å². The molecule has 1 fully saturated rings. The summed E-state index contributed by atoms with van der Waals surface area (Å²) < 4.78 is 5.37. The van der Waals surface area contributed by atoms with Crippen LogP contribution in [-0.2, 0) is 4.74 Å². The third-order valence-corrected chi connectivity index (χ3v) is 2.85. The number of hydrogen-bond acceptors (Lipinski definition) is 4. The Labute approximate surface area is 95.7 Å². The van der Waals surface area contributed by atoms with Gasteiger partial charge in [-0.05, 0) is 30.5 Å². The molecule has 1 aliphatic heterocycles. The molecule has 0 saturated carbocycles. The minimum absolute atomic E-state index is 0.380. The molecule has 0 aliphatic carbocycles. The van der Waals surface area contributed by atoms with Crippen molar-refractivity contribution < 1.29 is 9.84 Å². The van der Waals surface area contributed by atoms with Crippen molar-refractivity contribution in [3.8, 4) is 0 Å². The topological polar surface area (TPSA) is 54.4 Å². The van der Waals surface area contributed by atoms with Crippen LogP contribution in [0.2, 0.25) is 0 Å².